The molecule has 0 fully saturated rings. The van der Waals surface area contributed by atoms with Crippen LogP contribution in [0.4, 0.5) is 0 Å². The first-order valence-corrected chi connectivity index (χ1v) is 6.11. The van der Waals surface area contributed by atoms with Crippen molar-refractivity contribution in [1.82, 2.24) is 4.98 Å². The Morgan fingerprint density at radius 2 is 2.08 bits per heavy atom. The van der Waals surface area contributed by atoms with E-state index in [1.54, 1.807) is 0 Å². The second-order valence-electron chi connectivity index (χ2n) is 2.74. The van der Waals surface area contributed by atoms with Crippen LogP contribution in [-0.2, 0) is 5.33 Å². The first-order chi connectivity index (χ1) is 6.33. The zero-order valence-electron chi connectivity index (χ0n) is 6.80. The number of aromatic nitrogens is 1. The zero-order chi connectivity index (χ0) is 9.26. The quantitative estimate of drug-likeness (QED) is 0.565. The van der Waals surface area contributed by atoms with Crippen LogP contribution in [0.15, 0.2) is 30.5 Å². The third kappa shape index (κ3) is 1.72. The Kier molecular flexibility index (Phi) is 2.83. The summed E-state index contributed by atoms with van der Waals surface area (Å²) in [5, 5.41) is 3.31. The van der Waals surface area contributed by atoms with Gasteiger partial charge in [-0.2, -0.15) is 0 Å². The molecule has 13 heavy (non-hydrogen) atoms. The number of alkyl halides is 1. The molecule has 1 nitrogen and oxygen atoms in total. The van der Waals surface area contributed by atoms with Crippen LogP contribution in [0.2, 0.25) is 0 Å². The zero-order valence-corrected chi connectivity index (χ0v) is 10.5. The molecule has 0 aliphatic carbocycles. The fraction of sp³-hybridized carbons (Fsp3) is 0.100. The minimum absolute atomic E-state index is 0.816. The molecule has 0 unspecified atom stereocenters. The van der Waals surface area contributed by atoms with Crippen molar-refractivity contribution in [3.8, 4) is 0 Å². The van der Waals surface area contributed by atoms with E-state index in [1.165, 1.54) is 14.3 Å². The van der Waals surface area contributed by atoms with Gasteiger partial charge in [-0.15, -0.1) is 0 Å². The second kappa shape index (κ2) is 3.92. The second-order valence-corrected chi connectivity index (χ2v) is 4.38. The van der Waals surface area contributed by atoms with E-state index >= 15 is 0 Å². The Labute approximate surface area is 98.8 Å². The summed E-state index contributed by atoms with van der Waals surface area (Å²) in [6.45, 7) is 0. The van der Waals surface area contributed by atoms with E-state index in [-0.39, 0.29) is 0 Å². The number of hydrogen-bond donors (Lipinski definition) is 0. The number of rotatable bonds is 1. The predicted molar refractivity (Wildman–Crippen MR) is 67.1 cm³/mol. The molecule has 0 aliphatic rings. The number of benzene rings is 1. The lowest BCUT2D eigenvalue weighted by Gasteiger charge is -2.03. The van der Waals surface area contributed by atoms with E-state index in [1.807, 2.05) is 12.3 Å². The summed E-state index contributed by atoms with van der Waals surface area (Å²) < 4.78 is 1.24. The number of hydrogen-bond acceptors (Lipinski definition) is 1. The summed E-state index contributed by atoms with van der Waals surface area (Å²) in [6, 6.07) is 8.31. The monoisotopic (exact) mass is 347 g/mol. The molecule has 3 heteroatoms. The van der Waals surface area contributed by atoms with Gasteiger partial charge < -0.3 is 0 Å². The van der Waals surface area contributed by atoms with Gasteiger partial charge in [0.25, 0.3) is 0 Å². The standard InChI is InChI=1S/C10H7BrIN/c11-5-9-10(12)8-4-2-1-3-7(8)6-13-9/h1-4,6H,5H2. The van der Waals surface area contributed by atoms with Crippen LogP contribution in [-0.4, -0.2) is 4.98 Å². The van der Waals surface area contributed by atoms with Crippen molar-refractivity contribution in [2.45, 2.75) is 5.33 Å². The molecule has 2 rings (SSSR count). The van der Waals surface area contributed by atoms with E-state index in [0.29, 0.717) is 0 Å². The smallest absolute Gasteiger partial charge is 0.0648 e. The van der Waals surface area contributed by atoms with Crippen LogP contribution in [0.25, 0.3) is 10.8 Å². The number of pyridine rings is 1. The molecule has 0 amide bonds. The van der Waals surface area contributed by atoms with Gasteiger partial charge >= 0.3 is 0 Å². The molecule has 66 valence electrons. The Balaban J connectivity index is 2.79. The van der Waals surface area contributed by atoms with Gasteiger partial charge in [-0.1, -0.05) is 40.2 Å². The van der Waals surface area contributed by atoms with Crippen LogP contribution < -0.4 is 0 Å². The first kappa shape index (κ1) is 9.40. The summed E-state index contributed by atoms with van der Waals surface area (Å²) in [4.78, 5) is 4.37. The fourth-order valence-electron chi connectivity index (χ4n) is 1.26. The third-order valence-electron chi connectivity index (χ3n) is 1.94. The van der Waals surface area contributed by atoms with Crippen LogP contribution in [0, 0.1) is 3.57 Å². The topological polar surface area (TPSA) is 12.9 Å². The molecule has 0 bridgehead atoms. The summed E-state index contributed by atoms with van der Waals surface area (Å²) in [7, 11) is 0. The van der Waals surface area contributed by atoms with Crippen LogP contribution in [0.1, 0.15) is 5.69 Å². The maximum Gasteiger partial charge on any atom is 0.0648 e. The lowest BCUT2D eigenvalue weighted by Crippen LogP contribution is -1.90. The van der Waals surface area contributed by atoms with Gasteiger partial charge in [0.05, 0.1) is 5.69 Å². The van der Waals surface area contributed by atoms with Crippen molar-refractivity contribution in [3.05, 3.63) is 39.7 Å². The SMILES string of the molecule is BrCc1ncc2ccccc2c1I. The third-order valence-corrected chi connectivity index (χ3v) is 3.67. The molecule has 1 aromatic carbocycles. The average Bonchev–Trinajstić information content (AvgIpc) is 2.19. The summed E-state index contributed by atoms with van der Waals surface area (Å²) in [5.41, 5.74) is 1.11. The summed E-state index contributed by atoms with van der Waals surface area (Å²) in [5.74, 6) is 0. The van der Waals surface area contributed by atoms with Gasteiger partial charge in [0, 0.05) is 20.5 Å². The molecule has 0 spiro atoms. The fourth-order valence-corrected chi connectivity index (χ4v) is 3.03. The first-order valence-electron chi connectivity index (χ1n) is 3.91. The highest BCUT2D eigenvalue weighted by Crippen LogP contribution is 2.23. The Bertz CT molecular complexity index is 442. The Morgan fingerprint density at radius 1 is 1.31 bits per heavy atom. The molecule has 0 N–H and O–H groups in total. The highest BCUT2D eigenvalue weighted by Gasteiger charge is 2.03. The van der Waals surface area contributed by atoms with Gasteiger partial charge in [0.15, 0.2) is 0 Å². The minimum atomic E-state index is 0.816. The predicted octanol–water partition coefficient (Wildman–Crippen LogP) is 3.73. The normalized spacial score (nSPS) is 10.6. The van der Waals surface area contributed by atoms with Crippen molar-refractivity contribution in [2.24, 2.45) is 0 Å². The molecule has 1 aromatic heterocycles. The van der Waals surface area contributed by atoms with Gasteiger partial charge in [-0.05, 0) is 28.0 Å². The molecule has 0 saturated carbocycles. The van der Waals surface area contributed by atoms with E-state index in [4.69, 9.17) is 0 Å². The van der Waals surface area contributed by atoms with Crippen molar-refractivity contribution >= 4 is 49.3 Å². The van der Waals surface area contributed by atoms with E-state index in [9.17, 15) is 0 Å². The molecule has 1 heterocycles. The number of fused-ring (bicyclic) bond motifs is 1. The summed E-state index contributed by atoms with van der Waals surface area (Å²) >= 11 is 5.77. The van der Waals surface area contributed by atoms with Crippen LogP contribution in [0.3, 0.4) is 0 Å². The van der Waals surface area contributed by atoms with Crippen molar-refractivity contribution in [1.29, 1.82) is 0 Å². The Morgan fingerprint density at radius 3 is 2.85 bits per heavy atom. The maximum atomic E-state index is 4.37. The van der Waals surface area contributed by atoms with E-state index in [0.717, 1.165) is 11.0 Å². The highest BCUT2D eigenvalue weighted by molar-refractivity contribution is 14.1. The molecule has 0 aliphatic heterocycles. The summed E-state index contributed by atoms with van der Waals surface area (Å²) in [6.07, 6.45) is 1.92. The maximum absolute atomic E-state index is 4.37. The minimum Gasteiger partial charge on any atom is -0.259 e. The largest absolute Gasteiger partial charge is 0.259 e. The van der Waals surface area contributed by atoms with E-state index in [2.05, 4.69) is 61.7 Å². The van der Waals surface area contributed by atoms with E-state index < -0.39 is 0 Å². The molecular formula is C10H7BrIN. The number of halogens is 2. The van der Waals surface area contributed by atoms with Crippen LogP contribution in [0.5, 0.6) is 0 Å². The molecule has 0 saturated heterocycles. The highest BCUT2D eigenvalue weighted by atomic mass is 127. The van der Waals surface area contributed by atoms with Gasteiger partial charge in [0.2, 0.25) is 0 Å². The van der Waals surface area contributed by atoms with Crippen molar-refractivity contribution in [3.63, 3.8) is 0 Å². The van der Waals surface area contributed by atoms with Crippen molar-refractivity contribution in [2.75, 3.05) is 0 Å². The number of nitrogens with zero attached hydrogens (tertiary/aromatic N) is 1. The van der Waals surface area contributed by atoms with Gasteiger partial charge in [-0.25, -0.2) is 0 Å². The molecule has 0 radical (unpaired) electrons. The van der Waals surface area contributed by atoms with Gasteiger partial charge in [-0.3, -0.25) is 4.98 Å². The average molecular weight is 348 g/mol. The molecule has 2 aromatic rings. The van der Waals surface area contributed by atoms with Crippen molar-refractivity contribution < 1.29 is 0 Å². The molecular weight excluding hydrogens is 341 g/mol. The van der Waals surface area contributed by atoms with Gasteiger partial charge in [0.1, 0.15) is 0 Å². The Hall–Kier alpha value is -0.160. The van der Waals surface area contributed by atoms with Crippen LogP contribution >= 0.6 is 38.5 Å². The lowest BCUT2D eigenvalue weighted by atomic mass is 10.1. The lowest BCUT2D eigenvalue weighted by molar-refractivity contribution is 1.19. The molecule has 0 atom stereocenters.